The molecule has 0 aliphatic carbocycles. The van der Waals surface area contributed by atoms with Gasteiger partial charge in [-0.05, 0) is 30.5 Å². The van der Waals surface area contributed by atoms with Crippen LogP contribution in [-0.2, 0) is 0 Å². The topological polar surface area (TPSA) is 46.2 Å². The molecule has 2 unspecified atom stereocenters. The van der Waals surface area contributed by atoms with E-state index in [1.807, 2.05) is 30.3 Å². The second kappa shape index (κ2) is 6.00. The number of rotatable bonds is 4. The summed E-state index contributed by atoms with van der Waals surface area (Å²) in [6.45, 7) is 4.40. The molecule has 0 saturated carbocycles. The lowest BCUT2D eigenvalue weighted by Gasteiger charge is -2.25. The minimum absolute atomic E-state index is 0.0638. The van der Waals surface area contributed by atoms with E-state index in [-0.39, 0.29) is 12.5 Å². The van der Waals surface area contributed by atoms with E-state index in [1.165, 1.54) is 11.1 Å². The second-order valence-corrected chi connectivity index (χ2v) is 5.05. The first-order valence-electron chi connectivity index (χ1n) is 6.63. The molecule has 2 atom stereocenters. The van der Waals surface area contributed by atoms with Gasteiger partial charge in [0.2, 0.25) is 0 Å². The highest BCUT2D eigenvalue weighted by molar-refractivity contribution is 5.40. The predicted molar refractivity (Wildman–Crippen MR) is 79.3 cm³/mol. The normalized spacial score (nSPS) is 14.1. The first kappa shape index (κ1) is 13.8. The molecule has 2 aromatic rings. The van der Waals surface area contributed by atoms with Crippen LogP contribution in [0.1, 0.15) is 28.2 Å². The van der Waals surface area contributed by atoms with Crippen molar-refractivity contribution < 1.29 is 5.11 Å². The molecule has 2 rings (SSSR count). The number of aliphatic hydroxyl groups excluding tert-OH is 1. The molecule has 100 valence electrons. The third-order valence-corrected chi connectivity index (χ3v) is 3.55. The standard InChI is InChI=1S/C17H21NO/c1-12-8-9-13(2)15(10-12)17(16(19)11-18)14-6-4-3-5-7-14/h3-10,16-17,19H,11,18H2,1-2H3. The summed E-state index contributed by atoms with van der Waals surface area (Å²) in [6, 6.07) is 16.4. The Morgan fingerprint density at radius 2 is 1.74 bits per heavy atom. The molecule has 2 aromatic carbocycles. The van der Waals surface area contributed by atoms with Crippen molar-refractivity contribution in [2.45, 2.75) is 25.9 Å². The maximum atomic E-state index is 10.3. The lowest BCUT2D eigenvalue weighted by Crippen LogP contribution is -2.28. The predicted octanol–water partition coefficient (Wildman–Crippen LogP) is 2.75. The molecule has 0 bridgehead atoms. The Hall–Kier alpha value is -1.64. The van der Waals surface area contributed by atoms with Crippen molar-refractivity contribution in [3.05, 3.63) is 70.8 Å². The van der Waals surface area contributed by atoms with Gasteiger partial charge in [-0.3, -0.25) is 0 Å². The molecule has 2 nitrogen and oxygen atoms in total. The SMILES string of the molecule is Cc1ccc(C)c(C(c2ccccc2)C(O)CN)c1. The molecule has 0 heterocycles. The summed E-state index contributed by atoms with van der Waals surface area (Å²) in [4.78, 5) is 0. The Balaban J connectivity index is 2.52. The second-order valence-electron chi connectivity index (χ2n) is 5.05. The van der Waals surface area contributed by atoms with Gasteiger partial charge in [0.15, 0.2) is 0 Å². The zero-order valence-corrected chi connectivity index (χ0v) is 11.5. The fourth-order valence-corrected chi connectivity index (χ4v) is 2.50. The summed E-state index contributed by atoms with van der Waals surface area (Å²) >= 11 is 0. The van der Waals surface area contributed by atoms with Crippen molar-refractivity contribution in [3.63, 3.8) is 0 Å². The summed E-state index contributed by atoms with van der Waals surface area (Å²) in [6.07, 6.45) is -0.567. The van der Waals surface area contributed by atoms with E-state index in [1.54, 1.807) is 0 Å². The van der Waals surface area contributed by atoms with Crippen molar-refractivity contribution in [2.24, 2.45) is 5.73 Å². The molecule has 0 aromatic heterocycles. The Morgan fingerprint density at radius 3 is 2.37 bits per heavy atom. The summed E-state index contributed by atoms with van der Waals surface area (Å²) in [5, 5.41) is 10.3. The molecule has 0 saturated heterocycles. The highest BCUT2D eigenvalue weighted by Gasteiger charge is 2.23. The highest BCUT2D eigenvalue weighted by atomic mass is 16.3. The van der Waals surface area contributed by atoms with Gasteiger partial charge in [0.1, 0.15) is 0 Å². The Bertz CT molecular complexity index is 536. The summed E-state index contributed by atoms with van der Waals surface area (Å²) in [5.74, 6) is -0.0638. The first-order chi connectivity index (χ1) is 9.13. The van der Waals surface area contributed by atoms with E-state index in [0.717, 1.165) is 11.1 Å². The number of hydrogen-bond acceptors (Lipinski definition) is 2. The van der Waals surface area contributed by atoms with Crippen LogP contribution in [0.2, 0.25) is 0 Å². The molecule has 0 radical (unpaired) electrons. The Labute approximate surface area is 114 Å². The molecule has 0 aliphatic heterocycles. The molecule has 19 heavy (non-hydrogen) atoms. The van der Waals surface area contributed by atoms with Crippen LogP contribution in [-0.4, -0.2) is 17.8 Å². The Morgan fingerprint density at radius 1 is 1.05 bits per heavy atom. The summed E-state index contributed by atoms with van der Waals surface area (Å²) in [7, 11) is 0. The minimum atomic E-state index is -0.567. The van der Waals surface area contributed by atoms with Gasteiger partial charge < -0.3 is 10.8 Å². The number of aryl methyl sites for hydroxylation is 2. The summed E-state index contributed by atoms with van der Waals surface area (Å²) < 4.78 is 0. The van der Waals surface area contributed by atoms with Crippen molar-refractivity contribution in [2.75, 3.05) is 6.54 Å². The molecular weight excluding hydrogens is 234 g/mol. The average molecular weight is 255 g/mol. The third kappa shape index (κ3) is 3.03. The monoisotopic (exact) mass is 255 g/mol. The van der Waals surface area contributed by atoms with Crippen molar-refractivity contribution in [1.82, 2.24) is 0 Å². The first-order valence-corrected chi connectivity index (χ1v) is 6.63. The molecule has 0 aliphatic rings. The lowest BCUT2D eigenvalue weighted by atomic mass is 9.83. The summed E-state index contributed by atoms with van der Waals surface area (Å²) in [5.41, 5.74) is 10.3. The fraction of sp³-hybridized carbons (Fsp3) is 0.294. The van der Waals surface area contributed by atoms with Gasteiger partial charge in [-0.2, -0.15) is 0 Å². The van der Waals surface area contributed by atoms with Crippen LogP contribution < -0.4 is 5.73 Å². The molecule has 3 N–H and O–H groups in total. The molecular formula is C17H21NO. The van der Waals surface area contributed by atoms with Crippen molar-refractivity contribution in [3.8, 4) is 0 Å². The quantitative estimate of drug-likeness (QED) is 0.882. The van der Waals surface area contributed by atoms with Crippen LogP contribution in [0.3, 0.4) is 0 Å². The zero-order chi connectivity index (χ0) is 13.8. The average Bonchev–Trinajstić information content (AvgIpc) is 2.44. The van der Waals surface area contributed by atoms with Crippen LogP contribution in [0.5, 0.6) is 0 Å². The van der Waals surface area contributed by atoms with E-state index in [4.69, 9.17) is 5.73 Å². The van der Waals surface area contributed by atoms with E-state index in [0.29, 0.717) is 0 Å². The maximum Gasteiger partial charge on any atom is 0.0771 e. The van der Waals surface area contributed by atoms with Gasteiger partial charge in [-0.25, -0.2) is 0 Å². The largest absolute Gasteiger partial charge is 0.391 e. The lowest BCUT2D eigenvalue weighted by molar-refractivity contribution is 0.164. The number of aliphatic hydroxyl groups is 1. The van der Waals surface area contributed by atoms with E-state index < -0.39 is 6.10 Å². The van der Waals surface area contributed by atoms with Crippen LogP contribution in [0.25, 0.3) is 0 Å². The molecule has 0 amide bonds. The minimum Gasteiger partial charge on any atom is -0.391 e. The smallest absolute Gasteiger partial charge is 0.0771 e. The van der Waals surface area contributed by atoms with Crippen LogP contribution in [0.15, 0.2) is 48.5 Å². The van der Waals surface area contributed by atoms with Gasteiger partial charge in [-0.1, -0.05) is 54.1 Å². The number of nitrogens with two attached hydrogens (primary N) is 1. The zero-order valence-electron chi connectivity index (χ0n) is 11.5. The highest BCUT2D eigenvalue weighted by Crippen LogP contribution is 2.30. The Kier molecular flexibility index (Phi) is 4.35. The van der Waals surface area contributed by atoms with Gasteiger partial charge in [0.05, 0.1) is 6.10 Å². The van der Waals surface area contributed by atoms with Crippen LogP contribution in [0, 0.1) is 13.8 Å². The van der Waals surface area contributed by atoms with E-state index in [2.05, 4.69) is 32.0 Å². The maximum absolute atomic E-state index is 10.3. The number of hydrogen-bond donors (Lipinski definition) is 2. The van der Waals surface area contributed by atoms with Gasteiger partial charge >= 0.3 is 0 Å². The molecule has 0 fully saturated rings. The van der Waals surface area contributed by atoms with Crippen molar-refractivity contribution in [1.29, 1.82) is 0 Å². The molecule has 2 heteroatoms. The van der Waals surface area contributed by atoms with Crippen molar-refractivity contribution >= 4 is 0 Å². The van der Waals surface area contributed by atoms with E-state index >= 15 is 0 Å². The third-order valence-electron chi connectivity index (χ3n) is 3.55. The fourth-order valence-electron chi connectivity index (χ4n) is 2.50. The number of benzene rings is 2. The molecule has 0 spiro atoms. The van der Waals surface area contributed by atoms with Crippen LogP contribution in [0.4, 0.5) is 0 Å². The van der Waals surface area contributed by atoms with E-state index in [9.17, 15) is 5.11 Å². The van der Waals surface area contributed by atoms with Gasteiger partial charge in [-0.15, -0.1) is 0 Å². The van der Waals surface area contributed by atoms with Gasteiger partial charge in [0, 0.05) is 12.5 Å². The van der Waals surface area contributed by atoms with Gasteiger partial charge in [0.25, 0.3) is 0 Å². The van der Waals surface area contributed by atoms with Crippen LogP contribution >= 0.6 is 0 Å².